The Morgan fingerprint density at radius 3 is 2.71 bits per heavy atom. The zero-order chi connectivity index (χ0) is 15.4. The number of aromatic nitrogens is 2. The third kappa shape index (κ3) is 3.98. The summed E-state index contributed by atoms with van der Waals surface area (Å²) in [6.45, 7) is 6.16. The Hall–Kier alpha value is -2.02. The van der Waals surface area contributed by atoms with Crippen molar-refractivity contribution in [1.29, 1.82) is 0 Å². The van der Waals surface area contributed by atoms with Crippen molar-refractivity contribution >= 4 is 17.7 Å². The van der Waals surface area contributed by atoms with Gasteiger partial charge >= 0.3 is 5.97 Å². The van der Waals surface area contributed by atoms with Gasteiger partial charge in [0.05, 0.1) is 0 Å². The molecule has 0 saturated heterocycles. The fourth-order valence-electron chi connectivity index (χ4n) is 1.76. The fraction of sp³-hybridized carbons (Fsp3) is 0.357. The number of aryl methyl sites for hydroxylation is 2. The normalized spacial score (nSPS) is 10.6. The topological polar surface area (TPSA) is 85.5 Å². The molecule has 0 aliphatic rings. The second-order valence-corrected chi connectivity index (χ2v) is 5.51. The van der Waals surface area contributed by atoms with Gasteiger partial charge in [-0.3, -0.25) is 4.79 Å². The predicted octanol–water partition coefficient (Wildman–Crippen LogP) is 2.75. The van der Waals surface area contributed by atoms with E-state index >= 15 is 0 Å². The van der Waals surface area contributed by atoms with Gasteiger partial charge in [0.2, 0.25) is 0 Å². The summed E-state index contributed by atoms with van der Waals surface area (Å²) in [6, 6.07) is 4.05. The molecule has 0 amide bonds. The number of rotatable bonds is 6. The Labute approximate surface area is 126 Å². The van der Waals surface area contributed by atoms with Crippen molar-refractivity contribution in [3.63, 3.8) is 0 Å². The van der Waals surface area contributed by atoms with Crippen LogP contribution < -0.4 is 4.74 Å². The van der Waals surface area contributed by atoms with Gasteiger partial charge in [-0.2, -0.15) is 0 Å². The standard InChI is InChI=1S/C14H16N2O4S/c1-8-4-5-9(2)13(10(8)3)19-6-11-15-16-14(20-11)21-7-12(17)18/h4-5H,6-7H2,1-3H3,(H,17,18). The second kappa shape index (κ2) is 6.62. The van der Waals surface area contributed by atoms with Crippen LogP contribution in [-0.2, 0) is 11.4 Å². The highest BCUT2D eigenvalue weighted by molar-refractivity contribution is 7.99. The lowest BCUT2D eigenvalue weighted by Crippen LogP contribution is -2.00. The van der Waals surface area contributed by atoms with Crippen LogP contribution in [0.15, 0.2) is 21.8 Å². The van der Waals surface area contributed by atoms with Crippen molar-refractivity contribution in [3.05, 3.63) is 34.7 Å². The first-order valence-corrected chi connectivity index (χ1v) is 7.32. The highest BCUT2D eigenvalue weighted by Gasteiger charge is 2.11. The van der Waals surface area contributed by atoms with Gasteiger partial charge in [0.15, 0.2) is 6.61 Å². The van der Waals surface area contributed by atoms with Gasteiger partial charge in [-0.25, -0.2) is 0 Å². The van der Waals surface area contributed by atoms with Crippen LogP contribution in [0.1, 0.15) is 22.6 Å². The summed E-state index contributed by atoms with van der Waals surface area (Å²) in [5, 5.41) is 16.4. The number of thioether (sulfide) groups is 1. The summed E-state index contributed by atoms with van der Waals surface area (Å²) in [5.41, 5.74) is 3.27. The SMILES string of the molecule is Cc1ccc(C)c(OCc2nnc(SCC(=O)O)o2)c1C. The molecule has 0 bridgehead atoms. The zero-order valence-corrected chi connectivity index (χ0v) is 12.9. The molecule has 1 heterocycles. The first kappa shape index (κ1) is 15.4. The minimum atomic E-state index is -0.929. The first-order chi connectivity index (χ1) is 9.97. The molecule has 2 aromatic rings. The average Bonchev–Trinajstić information content (AvgIpc) is 2.89. The Morgan fingerprint density at radius 1 is 1.29 bits per heavy atom. The van der Waals surface area contributed by atoms with Gasteiger partial charge in [0.25, 0.3) is 11.1 Å². The Morgan fingerprint density at radius 2 is 2.00 bits per heavy atom. The molecule has 0 fully saturated rings. The molecule has 7 heteroatoms. The first-order valence-electron chi connectivity index (χ1n) is 6.34. The zero-order valence-electron chi connectivity index (χ0n) is 12.0. The van der Waals surface area contributed by atoms with Crippen molar-refractivity contribution in [1.82, 2.24) is 10.2 Å². The van der Waals surface area contributed by atoms with Gasteiger partial charge in [-0.15, -0.1) is 10.2 Å². The van der Waals surface area contributed by atoms with Crippen LogP contribution in [0.4, 0.5) is 0 Å². The van der Waals surface area contributed by atoms with Gasteiger partial charge in [-0.05, 0) is 37.5 Å². The molecule has 112 valence electrons. The number of ether oxygens (including phenoxy) is 1. The van der Waals surface area contributed by atoms with Gasteiger partial charge in [-0.1, -0.05) is 23.9 Å². The fourth-order valence-corrected chi connectivity index (χ4v) is 2.26. The number of carboxylic acids is 1. The lowest BCUT2D eigenvalue weighted by molar-refractivity contribution is -0.133. The molecule has 0 atom stereocenters. The Kier molecular flexibility index (Phi) is 4.85. The molecule has 1 N–H and O–H groups in total. The maximum atomic E-state index is 10.5. The van der Waals surface area contributed by atoms with Crippen molar-refractivity contribution in [3.8, 4) is 5.75 Å². The van der Waals surface area contributed by atoms with Gasteiger partial charge in [0, 0.05) is 0 Å². The number of carboxylic acid groups (broad SMARTS) is 1. The van der Waals surface area contributed by atoms with E-state index in [4.69, 9.17) is 14.3 Å². The van der Waals surface area contributed by atoms with Crippen molar-refractivity contribution in [2.75, 3.05) is 5.75 Å². The number of nitrogens with zero attached hydrogens (tertiary/aromatic N) is 2. The largest absolute Gasteiger partial charge is 0.483 e. The molecular weight excluding hydrogens is 292 g/mol. The number of aliphatic carboxylic acids is 1. The molecule has 1 aromatic heterocycles. The monoisotopic (exact) mass is 308 g/mol. The number of benzene rings is 1. The lowest BCUT2D eigenvalue weighted by Gasteiger charge is -2.12. The Balaban J connectivity index is 2.01. The molecule has 21 heavy (non-hydrogen) atoms. The molecule has 1 aromatic carbocycles. The van der Waals surface area contributed by atoms with Crippen LogP contribution in [0.3, 0.4) is 0 Å². The third-order valence-electron chi connectivity index (χ3n) is 2.98. The van der Waals surface area contributed by atoms with Crippen LogP contribution >= 0.6 is 11.8 Å². The number of hydrogen-bond acceptors (Lipinski definition) is 6. The maximum Gasteiger partial charge on any atom is 0.314 e. The minimum absolute atomic E-state index is 0.113. The summed E-state index contributed by atoms with van der Waals surface area (Å²) >= 11 is 0.984. The van der Waals surface area contributed by atoms with E-state index in [0.29, 0.717) is 5.89 Å². The van der Waals surface area contributed by atoms with E-state index in [9.17, 15) is 4.79 Å². The van der Waals surface area contributed by atoms with E-state index in [1.54, 1.807) is 0 Å². The number of hydrogen-bond donors (Lipinski definition) is 1. The van der Waals surface area contributed by atoms with Crippen molar-refractivity contribution in [2.24, 2.45) is 0 Å². The average molecular weight is 308 g/mol. The van der Waals surface area contributed by atoms with Gasteiger partial charge in [0.1, 0.15) is 11.5 Å². The molecule has 0 aliphatic carbocycles. The summed E-state index contributed by atoms with van der Waals surface area (Å²) in [6.07, 6.45) is 0. The Bertz CT molecular complexity index is 654. The van der Waals surface area contributed by atoms with Crippen LogP contribution in [0.25, 0.3) is 0 Å². The van der Waals surface area contributed by atoms with Crippen LogP contribution in [0, 0.1) is 20.8 Å². The molecular formula is C14H16N2O4S. The second-order valence-electron chi connectivity index (χ2n) is 4.59. The van der Waals surface area contributed by atoms with E-state index in [-0.39, 0.29) is 17.6 Å². The van der Waals surface area contributed by atoms with Crippen LogP contribution in [0.2, 0.25) is 0 Å². The highest BCUT2D eigenvalue weighted by Crippen LogP contribution is 2.26. The minimum Gasteiger partial charge on any atom is -0.483 e. The van der Waals surface area contributed by atoms with Crippen molar-refractivity contribution < 1.29 is 19.1 Å². The maximum absolute atomic E-state index is 10.5. The molecule has 0 radical (unpaired) electrons. The molecule has 0 unspecified atom stereocenters. The highest BCUT2D eigenvalue weighted by atomic mass is 32.2. The quantitative estimate of drug-likeness (QED) is 0.821. The summed E-state index contributed by atoms with van der Waals surface area (Å²) < 4.78 is 11.1. The predicted molar refractivity (Wildman–Crippen MR) is 77.6 cm³/mol. The van der Waals surface area contributed by atoms with Crippen LogP contribution in [-0.4, -0.2) is 27.0 Å². The van der Waals surface area contributed by atoms with E-state index in [1.807, 2.05) is 32.9 Å². The van der Waals surface area contributed by atoms with Gasteiger partial charge < -0.3 is 14.3 Å². The third-order valence-corrected chi connectivity index (χ3v) is 3.78. The molecule has 0 spiro atoms. The summed E-state index contributed by atoms with van der Waals surface area (Å²) in [4.78, 5) is 10.5. The van der Waals surface area contributed by atoms with Crippen molar-refractivity contribution in [2.45, 2.75) is 32.6 Å². The van der Waals surface area contributed by atoms with E-state index < -0.39 is 5.97 Å². The van der Waals surface area contributed by atoms with E-state index in [0.717, 1.165) is 34.2 Å². The summed E-state index contributed by atoms with van der Waals surface area (Å²) in [5.74, 6) is 0.0941. The molecule has 6 nitrogen and oxygen atoms in total. The number of carbonyl (C=O) groups is 1. The van der Waals surface area contributed by atoms with E-state index in [2.05, 4.69) is 10.2 Å². The lowest BCUT2D eigenvalue weighted by atomic mass is 10.1. The smallest absolute Gasteiger partial charge is 0.314 e. The molecule has 0 saturated carbocycles. The van der Waals surface area contributed by atoms with Crippen LogP contribution in [0.5, 0.6) is 5.75 Å². The summed E-state index contributed by atoms with van der Waals surface area (Å²) in [7, 11) is 0. The molecule has 2 rings (SSSR count). The van der Waals surface area contributed by atoms with E-state index in [1.165, 1.54) is 0 Å². The molecule has 0 aliphatic heterocycles.